The first-order chi connectivity index (χ1) is 10.1. The molecule has 0 unspecified atom stereocenters. The summed E-state index contributed by atoms with van der Waals surface area (Å²) in [6, 6.07) is 16.7. The van der Waals surface area contributed by atoms with Gasteiger partial charge in [-0.3, -0.25) is 0 Å². The van der Waals surface area contributed by atoms with E-state index >= 15 is 0 Å². The molecular weight excluding hydrogens is 350 g/mol. The predicted molar refractivity (Wildman–Crippen MR) is 86.5 cm³/mol. The van der Waals surface area contributed by atoms with Gasteiger partial charge < -0.3 is 0 Å². The summed E-state index contributed by atoms with van der Waals surface area (Å²) in [6.45, 7) is 0.578. The van der Waals surface area contributed by atoms with Crippen LogP contribution in [0.2, 0.25) is 0 Å². The summed E-state index contributed by atoms with van der Waals surface area (Å²) in [5.41, 5.74) is 1.06. The lowest BCUT2D eigenvalue weighted by molar-refractivity contribution is 0.396. The fourth-order valence-electron chi connectivity index (χ4n) is 2.80. The Morgan fingerprint density at radius 1 is 1.05 bits per heavy atom. The van der Waals surface area contributed by atoms with E-state index in [4.69, 9.17) is 0 Å². The van der Waals surface area contributed by atoms with Crippen LogP contribution in [0.3, 0.4) is 0 Å². The minimum Gasteiger partial charge on any atom is -0.207 e. The highest BCUT2D eigenvalue weighted by Gasteiger charge is 2.36. The average molecular weight is 366 g/mol. The highest BCUT2D eigenvalue weighted by Crippen LogP contribution is 2.36. The van der Waals surface area contributed by atoms with Crippen molar-refractivity contribution in [2.45, 2.75) is 23.8 Å². The van der Waals surface area contributed by atoms with Gasteiger partial charge in [0.25, 0.3) is 0 Å². The molecule has 0 N–H and O–H groups in total. The largest absolute Gasteiger partial charge is 0.243 e. The standard InChI is InChI=1S/C16H16BrNO2S/c17-14-8-4-9-15(12-14)21(19,20)18-11-5-10-16(18)13-6-2-1-3-7-13/h1-4,6-9,12,16H,5,10-11H2/t16-/m0/s1. The molecule has 1 heterocycles. The molecule has 3 nitrogen and oxygen atoms in total. The van der Waals surface area contributed by atoms with Gasteiger partial charge >= 0.3 is 0 Å². The second kappa shape index (κ2) is 5.91. The van der Waals surface area contributed by atoms with E-state index in [1.807, 2.05) is 36.4 Å². The zero-order valence-electron chi connectivity index (χ0n) is 11.4. The lowest BCUT2D eigenvalue weighted by atomic mass is 10.1. The molecule has 0 saturated carbocycles. The van der Waals surface area contributed by atoms with Crippen LogP contribution in [0, 0.1) is 0 Å². The predicted octanol–water partition coefficient (Wildman–Crippen LogP) is 3.97. The van der Waals surface area contributed by atoms with Crippen LogP contribution in [0.25, 0.3) is 0 Å². The second-order valence-corrected chi connectivity index (χ2v) is 7.95. The number of sulfonamides is 1. The maximum atomic E-state index is 12.9. The Bertz CT molecular complexity index is 731. The minimum absolute atomic E-state index is 0.0600. The molecule has 3 rings (SSSR count). The molecule has 2 aromatic carbocycles. The van der Waals surface area contributed by atoms with Gasteiger partial charge in [-0.2, -0.15) is 4.31 Å². The fraction of sp³-hybridized carbons (Fsp3) is 0.250. The molecule has 0 aromatic heterocycles. The molecule has 1 aliphatic heterocycles. The van der Waals surface area contributed by atoms with Crippen LogP contribution in [0.1, 0.15) is 24.4 Å². The van der Waals surface area contributed by atoms with Crippen LogP contribution in [-0.2, 0) is 10.0 Å². The van der Waals surface area contributed by atoms with Gasteiger partial charge in [0.1, 0.15) is 0 Å². The summed E-state index contributed by atoms with van der Waals surface area (Å²) in [4.78, 5) is 0.347. The van der Waals surface area contributed by atoms with Crippen molar-refractivity contribution in [3.8, 4) is 0 Å². The highest BCUT2D eigenvalue weighted by atomic mass is 79.9. The number of benzene rings is 2. The Hall–Kier alpha value is -1.17. The Balaban J connectivity index is 1.98. The van der Waals surface area contributed by atoms with Crippen LogP contribution in [-0.4, -0.2) is 19.3 Å². The van der Waals surface area contributed by atoms with Crippen molar-refractivity contribution in [3.63, 3.8) is 0 Å². The first-order valence-electron chi connectivity index (χ1n) is 6.91. The second-order valence-electron chi connectivity index (χ2n) is 5.14. The van der Waals surface area contributed by atoms with Crippen LogP contribution in [0.4, 0.5) is 0 Å². The normalized spacial score (nSPS) is 19.8. The maximum absolute atomic E-state index is 12.9. The fourth-order valence-corrected chi connectivity index (χ4v) is 5.08. The Morgan fingerprint density at radius 3 is 2.52 bits per heavy atom. The number of nitrogens with zero attached hydrogens (tertiary/aromatic N) is 1. The number of halogens is 1. The average Bonchev–Trinajstić information content (AvgIpc) is 2.98. The van der Waals surface area contributed by atoms with Crippen molar-refractivity contribution < 1.29 is 8.42 Å². The van der Waals surface area contributed by atoms with Crippen molar-refractivity contribution in [2.75, 3.05) is 6.54 Å². The lowest BCUT2D eigenvalue weighted by Crippen LogP contribution is -2.30. The molecule has 0 spiro atoms. The molecule has 0 amide bonds. The topological polar surface area (TPSA) is 37.4 Å². The third-order valence-electron chi connectivity index (χ3n) is 3.79. The van der Waals surface area contributed by atoms with E-state index in [2.05, 4.69) is 15.9 Å². The zero-order chi connectivity index (χ0) is 14.9. The number of hydrogen-bond donors (Lipinski definition) is 0. The molecule has 1 saturated heterocycles. The molecule has 1 aliphatic rings. The monoisotopic (exact) mass is 365 g/mol. The smallest absolute Gasteiger partial charge is 0.207 e. The van der Waals surface area contributed by atoms with Gasteiger partial charge in [0.05, 0.1) is 10.9 Å². The van der Waals surface area contributed by atoms with Crippen LogP contribution in [0.15, 0.2) is 64.0 Å². The third kappa shape index (κ3) is 2.91. The van der Waals surface area contributed by atoms with Crippen molar-refractivity contribution in [1.29, 1.82) is 0 Å². The van der Waals surface area contributed by atoms with Crippen LogP contribution >= 0.6 is 15.9 Å². The SMILES string of the molecule is O=S(=O)(c1cccc(Br)c1)N1CCC[C@H]1c1ccccc1. The summed E-state index contributed by atoms with van der Waals surface area (Å²) >= 11 is 3.34. The molecule has 1 fully saturated rings. The molecule has 0 radical (unpaired) electrons. The van der Waals surface area contributed by atoms with E-state index in [1.54, 1.807) is 22.5 Å². The Kier molecular flexibility index (Phi) is 4.15. The van der Waals surface area contributed by atoms with Crippen molar-refractivity contribution in [2.24, 2.45) is 0 Å². The van der Waals surface area contributed by atoms with Gasteiger partial charge in [-0.15, -0.1) is 0 Å². The van der Waals surface area contributed by atoms with Gasteiger partial charge in [0.2, 0.25) is 10.0 Å². The molecule has 1 atom stereocenters. The summed E-state index contributed by atoms with van der Waals surface area (Å²) in [6.07, 6.45) is 1.77. The summed E-state index contributed by atoms with van der Waals surface area (Å²) < 4.78 is 28.2. The Morgan fingerprint density at radius 2 is 1.81 bits per heavy atom. The molecule has 21 heavy (non-hydrogen) atoms. The quantitative estimate of drug-likeness (QED) is 0.824. The molecule has 5 heteroatoms. The Labute approximate surface area is 133 Å². The van der Waals surface area contributed by atoms with Gasteiger partial charge in [-0.05, 0) is 36.6 Å². The molecule has 0 bridgehead atoms. The maximum Gasteiger partial charge on any atom is 0.243 e. The summed E-state index contributed by atoms with van der Waals surface area (Å²) in [5, 5.41) is 0. The van der Waals surface area contributed by atoms with Gasteiger partial charge in [0.15, 0.2) is 0 Å². The zero-order valence-corrected chi connectivity index (χ0v) is 13.8. The third-order valence-corrected chi connectivity index (χ3v) is 6.19. The van der Waals surface area contributed by atoms with Gasteiger partial charge in [0, 0.05) is 11.0 Å². The van der Waals surface area contributed by atoms with E-state index in [0.29, 0.717) is 11.4 Å². The lowest BCUT2D eigenvalue weighted by Gasteiger charge is -2.24. The van der Waals surface area contributed by atoms with Gasteiger partial charge in [-0.25, -0.2) is 8.42 Å². The molecule has 110 valence electrons. The molecule has 0 aliphatic carbocycles. The molecular formula is C16H16BrNO2S. The van der Waals surface area contributed by atoms with E-state index < -0.39 is 10.0 Å². The highest BCUT2D eigenvalue weighted by molar-refractivity contribution is 9.10. The van der Waals surface area contributed by atoms with Crippen molar-refractivity contribution in [3.05, 3.63) is 64.6 Å². The van der Waals surface area contributed by atoms with Crippen molar-refractivity contribution >= 4 is 26.0 Å². The molecule has 2 aromatic rings. The first kappa shape index (κ1) is 14.8. The number of hydrogen-bond acceptors (Lipinski definition) is 2. The van der Waals surface area contributed by atoms with Crippen LogP contribution in [0.5, 0.6) is 0 Å². The summed E-state index contributed by atoms with van der Waals surface area (Å²) in [7, 11) is -3.46. The van der Waals surface area contributed by atoms with Crippen molar-refractivity contribution in [1.82, 2.24) is 4.31 Å². The van der Waals surface area contributed by atoms with E-state index in [9.17, 15) is 8.42 Å². The van der Waals surface area contributed by atoms with E-state index in [0.717, 1.165) is 22.9 Å². The van der Waals surface area contributed by atoms with E-state index in [1.165, 1.54) is 0 Å². The van der Waals surface area contributed by atoms with Crippen LogP contribution < -0.4 is 0 Å². The van der Waals surface area contributed by atoms with E-state index in [-0.39, 0.29) is 6.04 Å². The summed E-state index contributed by atoms with van der Waals surface area (Å²) in [5.74, 6) is 0. The minimum atomic E-state index is -3.46. The first-order valence-corrected chi connectivity index (χ1v) is 9.15. The number of rotatable bonds is 3. The van der Waals surface area contributed by atoms with Gasteiger partial charge in [-0.1, -0.05) is 52.3 Å².